The van der Waals surface area contributed by atoms with Gasteiger partial charge >= 0.3 is 29.6 Å². The van der Waals surface area contributed by atoms with Gasteiger partial charge in [-0.2, -0.15) is 8.42 Å². The first-order valence-electron chi connectivity index (χ1n) is 13.5. The van der Waals surface area contributed by atoms with Crippen LogP contribution in [-0.4, -0.2) is 70.3 Å². The summed E-state index contributed by atoms with van der Waals surface area (Å²) < 4.78 is 30.5. The van der Waals surface area contributed by atoms with Crippen LogP contribution in [0.3, 0.4) is 0 Å². The van der Waals surface area contributed by atoms with Gasteiger partial charge in [0.05, 0.1) is 24.1 Å². The molecule has 0 bridgehead atoms. The topological polar surface area (TPSA) is 176 Å². The molecule has 212 valence electrons. The summed E-state index contributed by atoms with van der Waals surface area (Å²) in [6.07, 6.45) is 5.67. The van der Waals surface area contributed by atoms with Gasteiger partial charge in [-0.05, 0) is 97.7 Å². The monoisotopic (exact) mass is 557 g/mol. The third-order valence-corrected chi connectivity index (χ3v) is 11.7. The fourth-order valence-corrected chi connectivity index (χ4v) is 9.46. The molecule has 0 aromatic heterocycles. The summed E-state index contributed by atoms with van der Waals surface area (Å²) in [5, 5.41) is 35.8. The van der Waals surface area contributed by atoms with Crippen molar-refractivity contribution in [2.75, 3.05) is 12.3 Å². The smallest absolute Gasteiger partial charge is 1.00 e. The van der Waals surface area contributed by atoms with E-state index in [1.165, 1.54) is 0 Å². The first kappa shape index (κ1) is 33.4. The molecule has 0 aliphatic heterocycles. The first-order valence-corrected chi connectivity index (χ1v) is 15.1. The van der Waals surface area contributed by atoms with E-state index in [1.807, 2.05) is 0 Å². The molecule has 37 heavy (non-hydrogen) atoms. The van der Waals surface area contributed by atoms with E-state index in [2.05, 4.69) is 26.1 Å². The summed E-state index contributed by atoms with van der Waals surface area (Å²) in [5.74, 6) is 0.705. The second kappa shape index (κ2) is 12.4. The quantitative estimate of drug-likeness (QED) is 0.190. The third kappa shape index (κ3) is 6.43. The van der Waals surface area contributed by atoms with Gasteiger partial charge in [-0.3, -0.25) is 9.35 Å². The van der Waals surface area contributed by atoms with E-state index in [1.54, 1.807) is 0 Å². The molecule has 11 atom stereocenters. The number of amides is 1. The maximum absolute atomic E-state index is 12.2. The predicted octanol–water partition coefficient (Wildman–Crippen LogP) is -1.34. The van der Waals surface area contributed by atoms with E-state index in [0.29, 0.717) is 18.8 Å². The SMILES string of the molecule is C[C@H](CCC(=O)NCCS(=O)(=O)O)[C@H]1CC[C@H]2[C@@H]3[C@H](O)C[C@@H]4C[C@H](O)CC[C@]4(C)[C@H]3C[C@H](O)[C@]12C.O.[H-].[Na+]. The van der Waals surface area contributed by atoms with Gasteiger partial charge in [-0.15, -0.1) is 0 Å². The van der Waals surface area contributed by atoms with Crippen LogP contribution in [0.2, 0.25) is 0 Å². The number of rotatable bonds is 7. The van der Waals surface area contributed by atoms with Gasteiger partial charge < -0.3 is 27.5 Å². The summed E-state index contributed by atoms with van der Waals surface area (Å²) in [5.41, 5.74) is -0.254. The zero-order valence-corrected chi connectivity index (χ0v) is 25.7. The number of fused-ring (bicyclic) bond motifs is 5. The maximum atomic E-state index is 12.2. The molecule has 0 spiro atoms. The minimum atomic E-state index is -4.10. The Morgan fingerprint density at radius 2 is 1.76 bits per heavy atom. The minimum Gasteiger partial charge on any atom is -1.00 e. The van der Waals surface area contributed by atoms with Crippen LogP contribution in [0.25, 0.3) is 0 Å². The van der Waals surface area contributed by atoms with Gasteiger partial charge in [0.2, 0.25) is 5.91 Å². The molecule has 9 nitrogen and oxygen atoms in total. The number of hydrogen-bond acceptors (Lipinski definition) is 6. The summed E-state index contributed by atoms with van der Waals surface area (Å²) in [6.45, 7) is 6.56. The molecule has 0 unspecified atom stereocenters. The molecule has 1 amide bonds. The number of aliphatic hydroxyl groups excluding tert-OH is 3. The zero-order valence-electron chi connectivity index (χ0n) is 23.9. The molecule has 4 saturated carbocycles. The number of carbonyl (C=O) groups excluding carboxylic acids is 1. The van der Waals surface area contributed by atoms with E-state index in [4.69, 9.17) is 4.55 Å². The molecule has 4 rings (SSSR count). The van der Waals surface area contributed by atoms with Crippen molar-refractivity contribution in [2.24, 2.45) is 46.3 Å². The Hall–Kier alpha value is 0.220. The van der Waals surface area contributed by atoms with Gasteiger partial charge in [0.15, 0.2) is 0 Å². The Morgan fingerprint density at radius 1 is 1.08 bits per heavy atom. The van der Waals surface area contributed by atoms with Crippen LogP contribution in [0.1, 0.15) is 80.0 Å². The van der Waals surface area contributed by atoms with Crippen LogP contribution in [0.4, 0.5) is 0 Å². The number of nitrogens with one attached hydrogen (secondary N) is 1. The fraction of sp³-hybridized carbons (Fsp3) is 0.962. The Bertz CT molecular complexity index is 912. The van der Waals surface area contributed by atoms with Crippen LogP contribution >= 0.6 is 0 Å². The van der Waals surface area contributed by atoms with Gasteiger partial charge in [-0.25, -0.2) is 0 Å². The van der Waals surface area contributed by atoms with Crippen molar-refractivity contribution in [1.29, 1.82) is 0 Å². The molecule has 0 radical (unpaired) electrons. The Balaban J connectivity index is 0.00000241. The normalized spacial score (nSPS) is 43.8. The molecule has 0 heterocycles. The van der Waals surface area contributed by atoms with Gasteiger partial charge in [-0.1, -0.05) is 20.8 Å². The molecular formula is C26H48NNaO8S. The van der Waals surface area contributed by atoms with Crippen molar-refractivity contribution in [1.82, 2.24) is 5.32 Å². The van der Waals surface area contributed by atoms with Crippen molar-refractivity contribution in [2.45, 2.75) is 96.9 Å². The largest absolute Gasteiger partial charge is 1.00 e. The summed E-state index contributed by atoms with van der Waals surface area (Å²) in [7, 11) is -4.10. The van der Waals surface area contributed by atoms with Crippen molar-refractivity contribution < 1.29 is 69.5 Å². The van der Waals surface area contributed by atoms with E-state index < -0.39 is 28.1 Å². The standard InChI is InChI=1S/C26H45NO7S.Na.H2O.H/c1-15(4-7-23(31)27-10-11-35(32,33)34)18-5-6-19-24-20(14-22(30)26(18,19)3)25(2)9-8-17(28)12-16(25)13-21(24)29;;;/h15-22,24,28-30H,4-14H2,1-3H3,(H,27,31)(H,32,33,34);;1H2;/q;+1;;-1/t15-,16+,17-,18-,19+,20+,21-,22+,24+,25+,26-;;;/m1.../s1. The Kier molecular flexibility index (Phi) is 11.2. The van der Waals surface area contributed by atoms with Crippen LogP contribution in [0, 0.1) is 46.3 Å². The molecule has 0 aromatic rings. The Labute approximate surface area is 245 Å². The van der Waals surface area contributed by atoms with Crippen molar-refractivity contribution in [3.8, 4) is 0 Å². The predicted molar refractivity (Wildman–Crippen MR) is 137 cm³/mol. The van der Waals surface area contributed by atoms with E-state index in [0.717, 1.165) is 38.5 Å². The van der Waals surface area contributed by atoms with Gasteiger partial charge in [0.1, 0.15) is 0 Å². The van der Waals surface area contributed by atoms with E-state index in [9.17, 15) is 28.5 Å². The zero-order chi connectivity index (χ0) is 25.8. The summed E-state index contributed by atoms with van der Waals surface area (Å²) in [6, 6.07) is 0. The Morgan fingerprint density at radius 3 is 2.41 bits per heavy atom. The average Bonchev–Trinajstić information content (AvgIpc) is 3.12. The number of hydrogen-bond donors (Lipinski definition) is 5. The van der Waals surface area contributed by atoms with Crippen molar-refractivity contribution >= 4 is 16.0 Å². The van der Waals surface area contributed by atoms with Crippen molar-refractivity contribution in [3.63, 3.8) is 0 Å². The molecule has 0 aromatic carbocycles. The molecule has 4 aliphatic rings. The van der Waals surface area contributed by atoms with Crippen molar-refractivity contribution in [3.05, 3.63) is 0 Å². The second-order valence-electron chi connectivity index (χ2n) is 12.7. The second-order valence-corrected chi connectivity index (χ2v) is 14.2. The van der Waals surface area contributed by atoms with Crippen LogP contribution in [0.5, 0.6) is 0 Å². The van der Waals surface area contributed by atoms with Gasteiger partial charge in [0.25, 0.3) is 10.1 Å². The molecule has 11 heteroatoms. The first-order chi connectivity index (χ1) is 16.3. The average molecular weight is 558 g/mol. The third-order valence-electron chi connectivity index (χ3n) is 11.0. The number of carbonyl (C=O) groups is 1. The molecule has 4 aliphatic carbocycles. The van der Waals surface area contributed by atoms with Crippen LogP contribution in [-0.2, 0) is 14.9 Å². The summed E-state index contributed by atoms with van der Waals surface area (Å²) in [4.78, 5) is 12.2. The minimum absolute atomic E-state index is 0. The maximum Gasteiger partial charge on any atom is 1.00 e. The molecule has 7 N–H and O–H groups in total. The van der Waals surface area contributed by atoms with Gasteiger partial charge in [0, 0.05) is 13.0 Å². The molecule has 0 saturated heterocycles. The van der Waals surface area contributed by atoms with E-state index >= 15 is 0 Å². The fourth-order valence-electron chi connectivity index (χ4n) is 9.10. The molecule has 4 fully saturated rings. The van der Waals surface area contributed by atoms with E-state index in [-0.39, 0.29) is 102 Å². The van der Waals surface area contributed by atoms with Crippen LogP contribution < -0.4 is 34.9 Å². The van der Waals surface area contributed by atoms with Crippen LogP contribution in [0.15, 0.2) is 0 Å². The summed E-state index contributed by atoms with van der Waals surface area (Å²) >= 11 is 0. The molecular weight excluding hydrogens is 509 g/mol. The number of aliphatic hydroxyl groups is 3.